The molecule has 0 bridgehead atoms. The van der Waals surface area contributed by atoms with E-state index in [2.05, 4.69) is 26.1 Å². The number of nitrogen functional groups attached to an aromatic ring is 1. The molecule has 0 aliphatic heterocycles. The first-order valence-electron chi connectivity index (χ1n) is 7.67. The summed E-state index contributed by atoms with van der Waals surface area (Å²) in [5, 5.41) is 3.28. The third-order valence-corrected chi connectivity index (χ3v) is 4.36. The van der Waals surface area contributed by atoms with Crippen molar-refractivity contribution < 1.29 is 0 Å². The van der Waals surface area contributed by atoms with Gasteiger partial charge in [-0.1, -0.05) is 13.3 Å². The van der Waals surface area contributed by atoms with Gasteiger partial charge < -0.3 is 11.1 Å². The summed E-state index contributed by atoms with van der Waals surface area (Å²) >= 11 is 0. The molecule has 3 N–H and O–H groups in total. The molecule has 0 spiro atoms. The van der Waals surface area contributed by atoms with Crippen molar-refractivity contribution in [3.8, 4) is 0 Å². The Balaban J connectivity index is 2.47. The first kappa shape index (κ1) is 15.7. The van der Waals surface area contributed by atoms with Crippen LogP contribution in [0.5, 0.6) is 0 Å². The first-order valence-corrected chi connectivity index (χ1v) is 7.67. The fraction of sp³-hybridized carbons (Fsp3) is 0.733. The van der Waals surface area contributed by atoms with E-state index in [1.165, 1.54) is 11.6 Å². The maximum atomic E-state index is 12.4. The molecule has 2 rings (SSSR count). The molecule has 21 heavy (non-hydrogen) atoms. The monoisotopic (exact) mass is 294 g/mol. The lowest BCUT2D eigenvalue weighted by Gasteiger charge is -2.28. The van der Waals surface area contributed by atoms with Crippen LogP contribution in [-0.2, 0) is 13.6 Å². The summed E-state index contributed by atoms with van der Waals surface area (Å²) in [5.41, 5.74) is 5.58. The molecule has 1 aliphatic rings. The first-order chi connectivity index (χ1) is 9.79. The fourth-order valence-electron chi connectivity index (χ4n) is 2.66. The predicted molar refractivity (Wildman–Crippen MR) is 85.7 cm³/mol. The van der Waals surface area contributed by atoms with E-state index < -0.39 is 0 Å². The van der Waals surface area contributed by atoms with Gasteiger partial charge in [-0.25, -0.2) is 4.79 Å². The Morgan fingerprint density at radius 3 is 2.48 bits per heavy atom. The van der Waals surface area contributed by atoms with E-state index in [0.717, 1.165) is 30.3 Å². The highest BCUT2D eigenvalue weighted by atomic mass is 16.2. The second kappa shape index (κ2) is 5.58. The topological polar surface area (TPSA) is 82.0 Å². The summed E-state index contributed by atoms with van der Waals surface area (Å²) in [6, 6.07) is 0. The average molecular weight is 294 g/mol. The second-order valence-electron chi connectivity index (χ2n) is 6.53. The molecule has 1 aromatic rings. The fourth-order valence-corrected chi connectivity index (χ4v) is 2.66. The molecule has 1 fully saturated rings. The van der Waals surface area contributed by atoms with Gasteiger partial charge in [0.05, 0.1) is 0 Å². The summed E-state index contributed by atoms with van der Waals surface area (Å²) in [7, 11) is 1.50. The summed E-state index contributed by atoms with van der Waals surface area (Å²) in [6.07, 6.45) is 4.14. The number of aromatic nitrogens is 2. The van der Waals surface area contributed by atoms with E-state index in [9.17, 15) is 9.59 Å². The zero-order valence-electron chi connectivity index (χ0n) is 13.4. The maximum absolute atomic E-state index is 12.4. The third kappa shape index (κ3) is 2.99. The van der Waals surface area contributed by atoms with Gasteiger partial charge in [-0.15, -0.1) is 0 Å². The molecule has 6 heteroatoms. The highest BCUT2D eigenvalue weighted by Gasteiger charge is 2.38. The second-order valence-corrected chi connectivity index (χ2v) is 6.53. The molecule has 1 aromatic heterocycles. The van der Waals surface area contributed by atoms with Crippen LogP contribution in [0, 0.1) is 5.92 Å². The number of nitrogens with zero attached hydrogens (tertiary/aromatic N) is 2. The van der Waals surface area contributed by atoms with Crippen molar-refractivity contribution >= 4 is 11.5 Å². The molecule has 118 valence electrons. The van der Waals surface area contributed by atoms with Crippen molar-refractivity contribution in [2.24, 2.45) is 13.0 Å². The molecular weight excluding hydrogens is 268 g/mol. The van der Waals surface area contributed by atoms with E-state index in [4.69, 9.17) is 5.73 Å². The zero-order chi connectivity index (χ0) is 15.8. The normalized spacial score (nSPS) is 15.2. The number of hydrogen-bond acceptors (Lipinski definition) is 4. The van der Waals surface area contributed by atoms with Crippen molar-refractivity contribution in [3.63, 3.8) is 0 Å². The lowest BCUT2D eigenvalue weighted by molar-refractivity contribution is 0.490. The molecule has 0 unspecified atom stereocenters. The van der Waals surface area contributed by atoms with Gasteiger partial charge in [-0.2, -0.15) is 0 Å². The van der Waals surface area contributed by atoms with Gasteiger partial charge in [0.1, 0.15) is 11.5 Å². The molecule has 1 saturated carbocycles. The van der Waals surface area contributed by atoms with Crippen LogP contribution in [0.3, 0.4) is 0 Å². The predicted octanol–water partition coefficient (Wildman–Crippen LogP) is 1.53. The van der Waals surface area contributed by atoms with Crippen LogP contribution in [0.2, 0.25) is 0 Å². The van der Waals surface area contributed by atoms with Gasteiger partial charge in [0.2, 0.25) is 0 Å². The van der Waals surface area contributed by atoms with Crippen molar-refractivity contribution in [2.45, 2.75) is 58.5 Å². The Kier molecular flexibility index (Phi) is 4.16. The van der Waals surface area contributed by atoms with E-state index in [1.54, 1.807) is 0 Å². The molecule has 6 nitrogen and oxygen atoms in total. The molecule has 1 aliphatic carbocycles. The van der Waals surface area contributed by atoms with Crippen molar-refractivity contribution in [1.29, 1.82) is 0 Å². The highest BCUT2D eigenvalue weighted by Crippen LogP contribution is 2.41. The molecule has 0 radical (unpaired) electrons. The summed E-state index contributed by atoms with van der Waals surface area (Å²) in [5.74, 6) is 0.808. The van der Waals surface area contributed by atoms with Crippen LogP contribution in [0.25, 0.3) is 0 Å². The van der Waals surface area contributed by atoms with E-state index >= 15 is 0 Å². The minimum Gasteiger partial charge on any atom is -0.383 e. The molecule has 0 saturated heterocycles. The number of nitrogens with one attached hydrogen (secondary N) is 1. The zero-order valence-corrected chi connectivity index (χ0v) is 13.4. The largest absolute Gasteiger partial charge is 0.383 e. The SMILES string of the molecule is CCCCn1c(N)c(NC(C)(C)C2CC2)c(=O)n(C)c1=O. The third-order valence-electron chi connectivity index (χ3n) is 4.36. The quantitative estimate of drug-likeness (QED) is 0.833. The maximum Gasteiger partial charge on any atom is 0.332 e. The summed E-state index contributed by atoms with van der Waals surface area (Å²) in [6.45, 7) is 6.74. The minimum absolute atomic E-state index is 0.187. The molecular formula is C15H26N4O2. The van der Waals surface area contributed by atoms with E-state index in [0.29, 0.717) is 18.2 Å². The van der Waals surface area contributed by atoms with Crippen LogP contribution in [-0.4, -0.2) is 14.7 Å². The average Bonchev–Trinajstić information content (AvgIpc) is 3.26. The van der Waals surface area contributed by atoms with Crippen molar-refractivity contribution in [3.05, 3.63) is 20.8 Å². The Hall–Kier alpha value is -1.72. The minimum atomic E-state index is -0.348. The van der Waals surface area contributed by atoms with Gasteiger partial charge in [-0.05, 0) is 39.0 Å². The van der Waals surface area contributed by atoms with Gasteiger partial charge in [0, 0.05) is 19.1 Å². The van der Waals surface area contributed by atoms with E-state index in [-0.39, 0.29) is 22.6 Å². The highest BCUT2D eigenvalue weighted by molar-refractivity contribution is 5.62. The van der Waals surface area contributed by atoms with Crippen LogP contribution in [0.1, 0.15) is 46.5 Å². The van der Waals surface area contributed by atoms with E-state index in [1.807, 2.05) is 0 Å². The van der Waals surface area contributed by atoms with Crippen LogP contribution in [0.15, 0.2) is 9.59 Å². The van der Waals surface area contributed by atoms with Gasteiger partial charge in [0.15, 0.2) is 0 Å². The summed E-state index contributed by atoms with van der Waals surface area (Å²) in [4.78, 5) is 24.6. The lowest BCUT2D eigenvalue weighted by atomic mass is 9.98. The number of rotatable bonds is 6. The molecule has 1 heterocycles. The van der Waals surface area contributed by atoms with Gasteiger partial charge in [-0.3, -0.25) is 13.9 Å². The Labute approximate surface area is 125 Å². The number of unbranched alkanes of at least 4 members (excludes halogenated alkanes) is 1. The molecule has 0 atom stereocenters. The smallest absolute Gasteiger partial charge is 0.332 e. The lowest BCUT2D eigenvalue weighted by Crippen LogP contribution is -2.44. The van der Waals surface area contributed by atoms with Gasteiger partial charge in [0.25, 0.3) is 5.56 Å². The summed E-state index contributed by atoms with van der Waals surface area (Å²) < 4.78 is 2.63. The molecule has 0 amide bonds. The number of nitrogens with two attached hydrogens (primary N) is 1. The van der Waals surface area contributed by atoms with Crippen LogP contribution >= 0.6 is 0 Å². The number of hydrogen-bond donors (Lipinski definition) is 2. The standard InChI is InChI=1S/C15H26N4O2/c1-5-6-9-19-12(16)11(13(20)18(4)14(19)21)17-15(2,3)10-7-8-10/h10,17H,5-9,16H2,1-4H3. The van der Waals surface area contributed by atoms with Gasteiger partial charge >= 0.3 is 5.69 Å². The van der Waals surface area contributed by atoms with Crippen molar-refractivity contribution in [1.82, 2.24) is 9.13 Å². The molecule has 0 aromatic carbocycles. The van der Waals surface area contributed by atoms with Crippen LogP contribution < -0.4 is 22.3 Å². The Morgan fingerprint density at radius 1 is 1.33 bits per heavy atom. The Bertz CT molecular complexity index is 638. The van der Waals surface area contributed by atoms with Crippen molar-refractivity contribution in [2.75, 3.05) is 11.1 Å². The number of anilines is 2. The Morgan fingerprint density at radius 2 is 1.95 bits per heavy atom. The van der Waals surface area contributed by atoms with Crippen LogP contribution in [0.4, 0.5) is 11.5 Å².